The van der Waals surface area contributed by atoms with Crippen LogP contribution in [0.25, 0.3) is 0 Å². The van der Waals surface area contributed by atoms with Crippen molar-refractivity contribution in [1.82, 2.24) is 5.32 Å². The molecule has 0 aliphatic heterocycles. The third kappa shape index (κ3) is 4.46. The van der Waals surface area contributed by atoms with Gasteiger partial charge in [-0.2, -0.15) is 0 Å². The molecule has 0 bridgehead atoms. The first kappa shape index (κ1) is 16.8. The minimum absolute atomic E-state index is 0.382. The molecule has 1 N–H and O–H groups in total. The molecule has 2 nitrogen and oxygen atoms in total. The summed E-state index contributed by atoms with van der Waals surface area (Å²) in [4.78, 5) is 0. The van der Waals surface area contributed by atoms with Gasteiger partial charge in [-0.25, -0.2) is 0 Å². The number of hydrogen-bond acceptors (Lipinski definition) is 2. The van der Waals surface area contributed by atoms with Gasteiger partial charge in [-0.1, -0.05) is 19.9 Å². The zero-order valence-corrected chi connectivity index (χ0v) is 15.2. The van der Waals surface area contributed by atoms with E-state index in [1.807, 2.05) is 6.07 Å². The molecule has 1 aliphatic rings. The summed E-state index contributed by atoms with van der Waals surface area (Å²) in [6.07, 6.45) is 5.36. The largest absolute Gasteiger partial charge is 0.496 e. The second-order valence-corrected chi connectivity index (χ2v) is 7.49. The lowest BCUT2D eigenvalue weighted by molar-refractivity contribution is 0.231. The van der Waals surface area contributed by atoms with Crippen LogP contribution in [-0.2, 0) is 0 Å². The van der Waals surface area contributed by atoms with Crippen LogP contribution in [0.15, 0.2) is 22.7 Å². The van der Waals surface area contributed by atoms with Gasteiger partial charge in [0.25, 0.3) is 0 Å². The Bertz CT molecular complexity index is 453. The van der Waals surface area contributed by atoms with Crippen molar-refractivity contribution in [3.63, 3.8) is 0 Å². The Kier molecular flexibility index (Phi) is 6.12. The quantitative estimate of drug-likeness (QED) is 0.772. The molecule has 118 valence electrons. The van der Waals surface area contributed by atoms with Gasteiger partial charge in [0.15, 0.2) is 0 Å². The summed E-state index contributed by atoms with van der Waals surface area (Å²) < 4.78 is 6.32. The van der Waals surface area contributed by atoms with Crippen LogP contribution < -0.4 is 10.1 Å². The lowest BCUT2D eigenvalue weighted by Gasteiger charge is -2.33. The fourth-order valence-corrected chi connectivity index (χ4v) is 3.91. The number of rotatable bonds is 5. The predicted molar refractivity (Wildman–Crippen MR) is 92.8 cm³/mol. The molecule has 0 saturated heterocycles. The summed E-state index contributed by atoms with van der Waals surface area (Å²) in [5.41, 5.74) is 1.31. The number of halogens is 1. The average Bonchev–Trinajstić information content (AvgIpc) is 2.47. The normalized spacial score (nSPS) is 24.1. The Morgan fingerprint density at radius 2 is 1.81 bits per heavy atom. The van der Waals surface area contributed by atoms with Gasteiger partial charge < -0.3 is 10.1 Å². The molecular weight excluding hydrogens is 326 g/mol. The third-order valence-electron chi connectivity index (χ3n) is 4.88. The highest BCUT2D eigenvalue weighted by atomic mass is 79.9. The van der Waals surface area contributed by atoms with E-state index >= 15 is 0 Å². The highest BCUT2D eigenvalue weighted by molar-refractivity contribution is 9.10. The van der Waals surface area contributed by atoms with Gasteiger partial charge in [0.1, 0.15) is 5.75 Å². The van der Waals surface area contributed by atoms with Gasteiger partial charge in [-0.3, -0.25) is 0 Å². The molecule has 0 amide bonds. The molecule has 1 aromatic rings. The monoisotopic (exact) mass is 353 g/mol. The number of benzene rings is 1. The third-order valence-corrected chi connectivity index (χ3v) is 5.50. The molecule has 1 atom stereocenters. The molecule has 21 heavy (non-hydrogen) atoms. The van der Waals surface area contributed by atoms with E-state index in [9.17, 15) is 0 Å². The molecule has 1 saturated carbocycles. The first-order chi connectivity index (χ1) is 10.0. The molecule has 0 heterocycles. The molecule has 0 spiro atoms. The van der Waals surface area contributed by atoms with Crippen molar-refractivity contribution in [3.05, 3.63) is 28.2 Å². The Labute approximate surface area is 137 Å². The van der Waals surface area contributed by atoms with Gasteiger partial charge in [-0.15, -0.1) is 0 Å². The van der Waals surface area contributed by atoms with E-state index in [2.05, 4.69) is 54.2 Å². The maximum Gasteiger partial charge on any atom is 0.133 e. The molecule has 0 aromatic heterocycles. The Balaban J connectivity index is 1.90. The smallest absolute Gasteiger partial charge is 0.133 e. The minimum atomic E-state index is 0.382. The first-order valence-electron chi connectivity index (χ1n) is 8.10. The molecule has 1 aliphatic carbocycles. The zero-order chi connectivity index (χ0) is 15.4. The van der Waals surface area contributed by atoms with E-state index in [-0.39, 0.29) is 0 Å². The van der Waals surface area contributed by atoms with Crippen molar-refractivity contribution in [3.8, 4) is 5.75 Å². The van der Waals surface area contributed by atoms with E-state index in [1.54, 1.807) is 7.11 Å². The van der Waals surface area contributed by atoms with Crippen LogP contribution in [0.4, 0.5) is 0 Å². The standard InChI is InChI=1S/C18H28BrNO/c1-12(2)14-5-8-16(9-6-14)20-13(3)15-7-10-18(21-4)17(19)11-15/h7,10-14,16,20H,5-6,8-9H2,1-4H3. The molecule has 0 radical (unpaired) electrons. The Morgan fingerprint density at radius 1 is 1.14 bits per heavy atom. The number of hydrogen-bond donors (Lipinski definition) is 1. The number of nitrogens with one attached hydrogen (secondary N) is 1. The Morgan fingerprint density at radius 3 is 2.33 bits per heavy atom. The molecular formula is C18H28BrNO. The van der Waals surface area contributed by atoms with E-state index < -0.39 is 0 Å². The van der Waals surface area contributed by atoms with Gasteiger partial charge in [0.2, 0.25) is 0 Å². The minimum Gasteiger partial charge on any atom is -0.496 e. The van der Waals surface area contributed by atoms with Crippen LogP contribution in [0.1, 0.15) is 58.1 Å². The first-order valence-corrected chi connectivity index (χ1v) is 8.90. The lowest BCUT2D eigenvalue weighted by Crippen LogP contribution is -2.35. The van der Waals surface area contributed by atoms with E-state index in [0.29, 0.717) is 12.1 Å². The van der Waals surface area contributed by atoms with Gasteiger partial charge in [0, 0.05) is 12.1 Å². The second-order valence-electron chi connectivity index (χ2n) is 6.64. The van der Waals surface area contributed by atoms with Crippen LogP contribution in [0.5, 0.6) is 5.75 Å². The summed E-state index contributed by atoms with van der Waals surface area (Å²) in [7, 11) is 1.70. The van der Waals surface area contributed by atoms with E-state index in [0.717, 1.165) is 22.1 Å². The van der Waals surface area contributed by atoms with Crippen molar-refractivity contribution in [1.29, 1.82) is 0 Å². The summed E-state index contributed by atoms with van der Waals surface area (Å²) in [5.74, 6) is 2.65. The van der Waals surface area contributed by atoms with E-state index in [1.165, 1.54) is 31.2 Å². The molecule has 1 unspecified atom stereocenters. The van der Waals surface area contributed by atoms with Crippen LogP contribution in [0, 0.1) is 11.8 Å². The second kappa shape index (κ2) is 7.64. The summed E-state index contributed by atoms with van der Waals surface area (Å²) in [6, 6.07) is 7.40. The van der Waals surface area contributed by atoms with Crippen molar-refractivity contribution in [2.24, 2.45) is 11.8 Å². The van der Waals surface area contributed by atoms with Crippen molar-refractivity contribution in [2.45, 2.75) is 58.5 Å². The van der Waals surface area contributed by atoms with Crippen molar-refractivity contribution < 1.29 is 4.74 Å². The van der Waals surface area contributed by atoms with Gasteiger partial charge in [0.05, 0.1) is 11.6 Å². The molecule has 1 fully saturated rings. The fourth-order valence-electron chi connectivity index (χ4n) is 3.35. The van der Waals surface area contributed by atoms with Crippen molar-refractivity contribution in [2.75, 3.05) is 7.11 Å². The predicted octanol–water partition coefficient (Wildman–Crippen LogP) is 5.32. The maximum absolute atomic E-state index is 5.30. The van der Waals surface area contributed by atoms with Gasteiger partial charge in [-0.05, 0) is 78.1 Å². The SMILES string of the molecule is COc1ccc(C(C)NC2CCC(C(C)C)CC2)cc1Br. The summed E-state index contributed by atoms with van der Waals surface area (Å²) in [6.45, 7) is 6.97. The highest BCUT2D eigenvalue weighted by Crippen LogP contribution is 2.32. The van der Waals surface area contributed by atoms with Crippen LogP contribution in [-0.4, -0.2) is 13.2 Å². The van der Waals surface area contributed by atoms with E-state index in [4.69, 9.17) is 4.74 Å². The van der Waals surface area contributed by atoms with Crippen molar-refractivity contribution >= 4 is 15.9 Å². The topological polar surface area (TPSA) is 21.3 Å². The van der Waals surface area contributed by atoms with Gasteiger partial charge >= 0.3 is 0 Å². The number of ether oxygens (including phenoxy) is 1. The average molecular weight is 354 g/mol. The zero-order valence-electron chi connectivity index (χ0n) is 13.7. The fraction of sp³-hybridized carbons (Fsp3) is 0.667. The number of methoxy groups -OCH3 is 1. The summed E-state index contributed by atoms with van der Waals surface area (Å²) in [5, 5.41) is 3.80. The summed E-state index contributed by atoms with van der Waals surface area (Å²) >= 11 is 3.57. The lowest BCUT2D eigenvalue weighted by atomic mass is 9.79. The molecule has 3 heteroatoms. The Hall–Kier alpha value is -0.540. The van der Waals surface area contributed by atoms with Crippen LogP contribution >= 0.6 is 15.9 Å². The highest BCUT2D eigenvalue weighted by Gasteiger charge is 2.24. The van der Waals surface area contributed by atoms with Crippen LogP contribution in [0.2, 0.25) is 0 Å². The van der Waals surface area contributed by atoms with Crippen LogP contribution in [0.3, 0.4) is 0 Å². The molecule has 1 aromatic carbocycles. The maximum atomic E-state index is 5.30. The molecule has 2 rings (SSSR count).